The molecule has 0 aliphatic heterocycles. The molecule has 0 aliphatic carbocycles. The number of carbonyl (C=O) groups excluding carboxylic acids is 2. The van der Waals surface area contributed by atoms with E-state index in [2.05, 4.69) is 4.74 Å². The summed E-state index contributed by atoms with van der Waals surface area (Å²) >= 11 is 0. The molecule has 0 saturated heterocycles. The van der Waals surface area contributed by atoms with Crippen molar-refractivity contribution in [3.8, 4) is 5.75 Å². The van der Waals surface area contributed by atoms with Gasteiger partial charge in [0.15, 0.2) is 12.4 Å². The number of halogens is 1. The van der Waals surface area contributed by atoms with Crippen LogP contribution in [0.3, 0.4) is 0 Å². The SMILES string of the molecule is CCOC(=O)COc1cc(F)c([N+](=O)O)cc1C(C)=O. The van der Waals surface area contributed by atoms with Crippen molar-refractivity contribution in [2.45, 2.75) is 13.8 Å². The van der Waals surface area contributed by atoms with Crippen molar-refractivity contribution in [3.05, 3.63) is 28.4 Å². The largest absolute Gasteiger partial charge is 0.481 e. The molecule has 0 aromatic heterocycles. The maximum absolute atomic E-state index is 13.5. The predicted molar refractivity (Wildman–Crippen MR) is 63.6 cm³/mol. The fourth-order valence-corrected chi connectivity index (χ4v) is 1.42. The number of esters is 1. The number of nitrogens with zero attached hydrogens (tertiary/aromatic N) is 1. The van der Waals surface area contributed by atoms with Gasteiger partial charge >= 0.3 is 11.7 Å². The van der Waals surface area contributed by atoms with Gasteiger partial charge in [-0.25, -0.2) is 10.0 Å². The number of hydrogen-bond acceptors (Lipinski definition) is 5. The van der Waals surface area contributed by atoms with E-state index in [1.54, 1.807) is 6.92 Å². The highest BCUT2D eigenvalue weighted by atomic mass is 19.1. The van der Waals surface area contributed by atoms with Gasteiger partial charge in [0.2, 0.25) is 5.82 Å². The zero-order valence-electron chi connectivity index (χ0n) is 10.9. The van der Waals surface area contributed by atoms with Crippen LogP contribution in [0.2, 0.25) is 0 Å². The van der Waals surface area contributed by atoms with Gasteiger partial charge in [0.1, 0.15) is 5.75 Å². The Bertz CT molecular complexity index is 557. The maximum atomic E-state index is 13.5. The predicted octanol–water partition coefficient (Wildman–Crippen LogP) is 1.77. The average molecular weight is 286 g/mol. The van der Waals surface area contributed by atoms with Crippen molar-refractivity contribution in [3.63, 3.8) is 0 Å². The van der Waals surface area contributed by atoms with Crippen LogP contribution >= 0.6 is 0 Å². The molecule has 108 valence electrons. The van der Waals surface area contributed by atoms with Gasteiger partial charge < -0.3 is 9.47 Å². The summed E-state index contributed by atoms with van der Waals surface area (Å²) in [4.78, 5) is 32.5. The Morgan fingerprint density at radius 1 is 1.40 bits per heavy atom. The van der Waals surface area contributed by atoms with Crippen LogP contribution in [-0.2, 0) is 9.53 Å². The Morgan fingerprint density at radius 2 is 2.05 bits per heavy atom. The summed E-state index contributed by atoms with van der Waals surface area (Å²) in [6.45, 7) is 2.43. The molecule has 0 fully saturated rings. The van der Waals surface area contributed by atoms with E-state index >= 15 is 0 Å². The first-order valence-electron chi connectivity index (χ1n) is 5.65. The number of Topliss-reactive ketones (excluding diaryl/α,β-unsaturated/α-hetero) is 1. The first kappa shape index (κ1) is 15.5. The molecule has 1 aromatic carbocycles. The summed E-state index contributed by atoms with van der Waals surface area (Å²) in [5.41, 5.74) is -0.862. The van der Waals surface area contributed by atoms with Gasteiger partial charge in [-0.15, -0.1) is 0 Å². The van der Waals surface area contributed by atoms with Crippen molar-refractivity contribution in [1.82, 2.24) is 0 Å². The molecule has 20 heavy (non-hydrogen) atoms. The first-order chi connectivity index (χ1) is 9.36. The molecule has 0 aliphatic rings. The zero-order valence-corrected chi connectivity index (χ0v) is 10.9. The molecule has 0 radical (unpaired) electrons. The second kappa shape index (κ2) is 6.60. The molecule has 0 saturated carbocycles. The fourth-order valence-electron chi connectivity index (χ4n) is 1.42. The molecular formula is C12H13FNO6+. The van der Waals surface area contributed by atoms with Crippen molar-refractivity contribution in [2.75, 3.05) is 13.2 Å². The molecule has 0 unspecified atom stereocenters. The lowest BCUT2D eigenvalue weighted by Crippen LogP contribution is -2.16. The number of ketones is 1. The Morgan fingerprint density at radius 3 is 2.55 bits per heavy atom. The molecule has 0 bridgehead atoms. The van der Waals surface area contributed by atoms with Crippen LogP contribution in [0, 0.1) is 10.7 Å². The van der Waals surface area contributed by atoms with E-state index in [9.17, 15) is 18.9 Å². The lowest BCUT2D eigenvalue weighted by molar-refractivity contribution is -0.730. The van der Waals surface area contributed by atoms with Gasteiger partial charge in [0.05, 0.1) is 17.1 Å². The van der Waals surface area contributed by atoms with Crippen LogP contribution in [0.5, 0.6) is 5.75 Å². The first-order valence-corrected chi connectivity index (χ1v) is 5.65. The van der Waals surface area contributed by atoms with Gasteiger partial charge in [-0.05, 0) is 13.8 Å². The van der Waals surface area contributed by atoms with Gasteiger partial charge in [-0.1, -0.05) is 0 Å². The summed E-state index contributed by atoms with van der Waals surface area (Å²) in [5, 5.41) is 8.70. The van der Waals surface area contributed by atoms with Gasteiger partial charge in [0.25, 0.3) is 4.92 Å². The molecule has 7 nitrogen and oxygen atoms in total. The molecule has 1 aromatic rings. The lowest BCUT2D eigenvalue weighted by atomic mass is 10.1. The van der Waals surface area contributed by atoms with Gasteiger partial charge in [-0.3, -0.25) is 4.79 Å². The number of rotatable bonds is 6. The van der Waals surface area contributed by atoms with Crippen LogP contribution in [0.4, 0.5) is 10.1 Å². The summed E-state index contributed by atoms with van der Waals surface area (Å²) in [6, 6.07) is 1.58. The summed E-state index contributed by atoms with van der Waals surface area (Å²) in [5.74, 6) is -2.51. The normalized spacial score (nSPS) is 9.95. The second-order valence-electron chi connectivity index (χ2n) is 3.72. The third kappa shape index (κ3) is 3.74. The van der Waals surface area contributed by atoms with E-state index < -0.39 is 34.8 Å². The molecular weight excluding hydrogens is 273 g/mol. The van der Waals surface area contributed by atoms with Crippen LogP contribution in [0.25, 0.3) is 0 Å². The van der Waals surface area contributed by atoms with Crippen molar-refractivity contribution in [1.29, 1.82) is 0 Å². The lowest BCUT2D eigenvalue weighted by Gasteiger charge is -2.09. The monoisotopic (exact) mass is 286 g/mol. The van der Waals surface area contributed by atoms with E-state index in [4.69, 9.17) is 9.94 Å². The third-order valence-electron chi connectivity index (χ3n) is 2.29. The molecule has 1 N–H and O–H groups in total. The summed E-state index contributed by atoms with van der Waals surface area (Å²) in [6.07, 6.45) is 0. The van der Waals surface area contributed by atoms with E-state index in [-0.39, 0.29) is 17.9 Å². The van der Waals surface area contributed by atoms with Crippen LogP contribution in [0.1, 0.15) is 24.2 Å². The van der Waals surface area contributed by atoms with E-state index in [1.807, 2.05) is 0 Å². The number of ether oxygens (including phenoxy) is 2. The molecule has 0 amide bonds. The Hall–Kier alpha value is -2.51. The molecule has 0 atom stereocenters. The van der Waals surface area contributed by atoms with E-state index in [1.165, 1.54) is 6.92 Å². The topological polar surface area (TPSA) is 92.9 Å². The number of benzene rings is 1. The molecule has 8 heteroatoms. The quantitative estimate of drug-likeness (QED) is 0.486. The second-order valence-corrected chi connectivity index (χ2v) is 3.72. The number of hydrogen-bond donors (Lipinski definition) is 1. The Kier molecular flexibility index (Phi) is 5.13. The summed E-state index contributed by atoms with van der Waals surface area (Å²) < 4.78 is 23.1. The van der Waals surface area contributed by atoms with E-state index in [0.29, 0.717) is 0 Å². The molecule has 1 rings (SSSR count). The minimum atomic E-state index is -1.09. The van der Waals surface area contributed by atoms with E-state index in [0.717, 1.165) is 12.1 Å². The molecule has 0 heterocycles. The van der Waals surface area contributed by atoms with Crippen molar-refractivity contribution in [2.24, 2.45) is 0 Å². The number of carbonyl (C=O) groups is 2. The molecule has 0 spiro atoms. The Balaban J connectivity index is 3.06. The summed E-state index contributed by atoms with van der Waals surface area (Å²) in [7, 11) is 0. The smallest absolute Gasteiger partial charge is 0.352 e. The van der Waals surface area contributed by atoms with Crippen LogP contribution < -0.4 is 4.74 Å². The van der Waals surface area contributed by atoms with Crippen molar-refractivity contribution >= 4 is 17.4 Å². The van der Waals surface area contributed by atoms with Crippen LogP contribution in [0.15, 0.2) is 12.1 Å². The minimum Gasteiger partial charge on any atom is -0.481 e. The zero-order chi connectivity index (χ0) is 15.3. The fraction of sp³-hybridized carbons (Fsp3) is 0.333. The van der Waals surface area contributed by atoms with Crippen molar-refractivity contribution < 1.29 is 33.6 Å². The van der Waals surface area contributed by atoms with Gasteiger partial charge in [-0.2, -0.15) is 4.39 Å². The Labute approximate surface area is 113 Å². The average Bonchev–Trinajstić information content (AvgIpc) is 2.35. The third-order valence-corrected chi connectivity index (χ3v) is 2.29. The highest BCUT2D eigenvalue weighted by molar-refractivity contribution is 5.97. The highest BCUT2D eigenvalue weighted by Gasteiger charge is 2.25. The highest BCUT2D eigenvalue weighted by Crippen LogP contribution is 2.27. The van der Waals surface area contributed by atoms with Crippen LogP contribution in [-0.4, -0.2) is 35.1 Å². The maximum Gasteiger partial charge on any atom is 0.352 e. The van der Waals surface area contributed by atoms with Gasteiger partial charge in [0, 0.05) is 12.1 Å². The minimum absolute atomic E-state index is 0.138. The standard InChI is InChI=1S/C12H13FNO6/c1-3-19-12(16)6-20-11-5-9(13)10(14(17)18)4-8(11)7(2)15/h4-5H,3,6H2,1-2H3,(H,17,18)/q+1.